The quantitative estimate of drug-likeness (QED) is 0.861. The van der Waals surface area contributed by atoms with Crippen LogP contribution in [0.1, 0.15) is 12.2 Å². The number of likely N-dealkylation sites (tertiary alicyclic amines) is 1. The molecule has 2 fully saturated rings. The number of rotatable bonds is 4. The molecule has 0 aromatic carbocycles. The molecular weight excluding hydrogens is 312 g/mol. The highest BCUT2D eigenvalue weighted by Gasteiger charge is 2.51. The Bertz CT molecular complexity index is 668. The van der Waals surface area contributed by atoms with Gasteiger partial charge in [-0.3, -0.25) is 4.79 Å². The monoisotopic (exact) mass is 330 g/mol. The predicted molar refractivity (Wildman–Crippen MR) is 87.5 cm³/mol. The maximum Gasteiger partial charge on any atom is 0.230 e. The van der Waals surface area contributed by atoms with Crippen molar-refractivity contribution in [3.8, 4) is 5.88 Å². The van der Waals surface area contributed by atoms with Crippen molar-refractivity contribution < 1.29 is 13.9 Å². The summed E-state index contributed by atoms with van der Waals surface area (Å²) < 4.78 is 11.3. The first kappa shape index (κ1) is 14.6. The number of furan rings is 1. The largest absolute Gasteiger partial charge is 0.473 e. The van der Waals surface area contributed by atoms with Gasteiger partial charge in [0.15, 0.2) is 0 Å². The zero-order valence-corrected chi connectivity index (χ0v) is 13.5. The fourth-order valence-electron chi connectivity index (χ4n) is 3.19. The molecular formula is C17H18N2O3S. The Labute approximate surface area is 139 Å². The third-order valence-corrected chi connectivity index (χ3v) is 5.89. The molecule has 0 unspecified atom stereocenters. The summed E-state index contributed by atoms with van der Waals surface area (Å²) >= 11 is 1.92. The van der Waals surface area contributed by atoms with Crippen LogP contribution in [0.25, 0.3) is 0 Å². The normalized spacial score (nSPS) is 22.1. The second-order valence-corrected chi connectivity index (χ2v) is 7.60. The Morgan fingerprint density at radius 3 is 3.04 bits per heavy atom. The van der Waals surface area contributed by atoms with E-state index in [1.165, 1.54) is 0 Å². The van der Waals surface area contributed by atoms with Crippen LogP contribution in [0, 0.1) is 0 Å². The minimum atomic E-state index is 0.139. The van der Waals surface area contributed by atoms with E-state index in [0.29, 0.717) is 12.3 Å². The smallest absolute Gasteiger partial charge is 0.230 e. The number of hydrogen-bond donors (Lipinski definition) is 0. The Balaban J connectivity index is 1.28. The van der Waals surface area contributed by atoms with Gasteiger partial charge in [0.05, 0.1) is 17.4 Å². The number of ether oxygens (including phenoxy) is 1. The van der Waals surface area contributed by atoms with E-state index in [1.807, 2.05) is 47.0 Å². The molecule has 2 aromatic heterocycles. The van der Waals surface area contributed by atoms with Crippen LogP contribution in [0.4, 0.5) is 0 Å². The number of hydrogen-bond acceptors (Lipinski definition) is 5. The van der Waals surface area contributed by atoms with Gasteiger partial charge in [-0.2, -0.15) is 0 Å². The van der Waals surface area contributed by atoms with Crippen LogP contribution in [0.3, 0.4) is 0 Å². The summed E-state index contributed by atoms with van der Waals surface area (Å²) in [5, 5.41) is 0. The molecule has 23 heavy (non-hydrogen) atoms. The third kappa shape index (κ3) is 3.08. The molecule has 1 atom stereocenters. The molecule has 120 valence electrons. The van der Waals surface area contributed by atoms with Crippen molar-refractivity contribution in [1.29, 1.82) is 0 Å². The van der Waals surface area contributed by atoms with Crippen LogP contribution in [-0.2, 0) is 11.2 Å². The van der Waals surface area contributed by atoms with Gasteiger partial charge in [0, 0.05) is 37.5 Å². The number of nitrogens with zero attached hydrogens (tertiary/aromatic N) is 2. The van der Waals surface area contributed by atoms with Crippen molar-refractivity contribution in [2.75, 3.05) is 18.8 Å². The highest BCUT2D eigenvalue weighted by molar-refractivity contribution is 8.01. The third-order valence-electron chi connectivity index (χ3n) is 4.32. The summed E-state index contributed by atoms with van der Waals surface area (Å²) in [6.07, 6.45) is 4.84. The molecule has 4 rings (SSSR count). The van der Waals surface area contributed by atoms with Crippen LogP contribution >= 0.6 is 11.8 Å². The first-order valence-corrected chi connectivity index (χ1v) is 8.73. The zero-order valence-electron chi connectivity index (χ0n) is 12.7. The van der Waals surface area contributed by atoms with Crippen molar-refractivity contribution in [3.05, 3.63) is 48.6 Å². The van der Waals surface area contributed by atoms with Crippen LogP contribution in [0.2, 0.25) is 0 Å². The Morgan fingerprint density at radius 1 is 1.39 bits per heavy atom. The minimum absolute atomic E-state index is 0.139. The van der Waals surface area contributed by atoms with Crippen LogP contribution in [-0.4, -0.2) is 45.5 Å². The maximum absolute atomic E-state index is 12.2. The average Bonchev–Trinajstić information content (AvgIpc) is 3.16. The van der Waals surface area contributed by atoms with Crippen molar-refractivity contribution >= 4 is 17.7 Å². The van der Waals surface area contributed by atoms with Gasteiger partial charge < -0.3 is 14.1 Å². The average molecular weight is 330 g/mol. The van der Waals surface area contributed by atoms with E-state index in [9.17, 15) is 4.79 Å². The van der Waals surface area contributed by atoms with Gasteiger partial charge in [0.1, 0.15) is 11.9 Å². The van der Waals surface area contributed by atoms with Gasteiger partial charge in [-0.25, -0.2) is 4.98 Å². The fourth-order valence-corrected chi connectivity index (χ4v) is 4.71. The van der Waals surface area contributed by atoms with Gasteiger partial charge in [-0.1, -0.05) is 6.07 Å². The molecule has 0 N–H and O–H groups in total. The Morgan fingerprint density at radius 2 is 2.30 bits per heavy atom. The number of amides is 1. The summed E-state index contributed by atoms with van der Waals surface area (Å²) in [5.74, 6) is 2.50. The molecule has 0 aliphatic carbocycles. The second-order valence-electron chi connectivity index (χ2n) is 6.11. The van der Waals surface area contributed by atoms with Gasteiger partial charge >= 0.3 is 0 Å². The fraction of sp³-hybridized carbons (Fsp3) is 0.412. The zero-order chi connectivity index (χ0) is 15.7. The molecule has 2 aliphatic rings. The lowest BCUT2D eigenvalue weighted by molar-refractivity contribution is -0.136. The summed E-state index contributed by atoms with van der Waals surface area (Å²) in [7, 11) is 0. The van der Waals surface area contributed by atoms with Gasteiger partial charge in [-0.15, -0.1) is 11.8 Å². The van der Waals surface area contributed by atoms with E-state index in [1.54, 1.807) is 12.5 Å². The number of carbonyl (C=O) groups is 1. The molecule has 2 saturated heterocycles. The molecule has 0 saturated carbocycles. The molecule has 0 bridgehead atoms. The van der Waals surface area contributed by atoms with Gasteiger partial charge in [0.25, 0.3) is 0 Å². The van der Waals surface area contributed by atoms with Crippen LogP contribution < -0.4 is 4.74 Å². The highest BCUT2D eigenvalue weighted by Crippen LogP contribution is 2.46. The molecule has 4 heterocycles. The molecule has 0 radical (unpaired) electrons. The second kappa shape index (κ2) is 5.92. The number of thioether (sulfide) groups is 1. The molecule has 2 aromatic rings. The summed E-state index contributed by atoms with van der Waals surface area (Å²) in [6.45, 7) is 1.61. The van der Waals surface area contributed by atoms with Crippen molar-refractivity contribution in [1.82, 2.24) is 9.88 Å². The van der Waals surface area contributed by atoms with Gasteiger partial charge in [0.2, 0.25) is 11.8 Å². The lowest BCUT2D eigenvalue weighted by Gasteiger charge is -2.47. The van der Waals surface area contributed by atoms with E-state index in [2.05, 4.69) is 4.98 Å². The number of aromatic nitrogens is 1. The summed E-state index contributed by atoms with van der Waals surface area (Å²) in [6, 6.07) is 9.35. The van der Waals surface area contributed by atoms with Crippen LogP contribution in [0.5, 0.6) is 5.88 Å². The lowest BCUT2D eigenvalue weighted by atomic mass is 9.92. The SMILES string of the molecule is O=C(Cc1ccco1)N1CC2(C[C@H](Oc3ccccn3)CS2)C1. The molecule has 6 heteroatoms. The first-order chi connectivity index (χ1) is 11.2. The van der Waals surface area contributed by atoms with E-state index in [4.69, 9.17) is 9.15 Å². The first-order valence-electron chi connectivity index (χ1n) is 7.74. The molecule has 1 amide bonds. The Hall–Kier alpha value is -1.95. The van der Waals surface area contributed by atoms with Crippen LogP contribution in [0.15, 0.2) is 47.2 Å². The molecule has 2 aliphatic heterocycles. The van der Waals surface area contributed by atoms with Crippen molar-refractivity contribution in [2.24, 2.45) is 0 Å². The van der Waals surface area contributed by atoms with Gasteiger partial charge in [-0.05, 0) is 18.2 Å². The minimum Gasteiger partial charge on any atom is -0.473 e. The topological polar surface area (TPSA) is 55.6 Å². The van der Waals surface area contributed by atoms with Crippen molar-refractivity contribution in [2.45, 2.75) is 23.7 Å². The summed E-state index contributed by atoms with van der Waals surface area (Å²) in [5.41, 5.74) is 0. The Kier molecular flexibility index (Phi) is 3.77. The van der Waals surface area contributed by atoms with E-state index >= 15 is 0 Å². The molecule has 1 spiro atoms. The van der Waals surface area contributed by atoms with E-state index < -0.39 is 0 Å². The lowest BCUT2D eigenvalue weighted by Crippen LogP contribution is -2.61. The van der Waals surface area contributed by atoms with Crippen molar-refractivity contribution in [3.63, 3.8) is 0 Å². The standard InChI is InChI=1S/C17H18N2O3S/c20-16(8-13-4-3-7-21-13)19-11-17(12-19)9-14(10-23-17)22-15-5-1-2-6-18-15/h1-7,14H,8-12H2/t14-/m0/s1. The summed E-state index contributed by atoms with van der Waals surface area (Å²) in [4.78, 5) is 18.3. The molecule has 5 nitrogen and oxygen atoms in total. The number of carbonyl (C=O) groups excluding carboxylic acids is 1. The maximum atomic E-state index is 12.2. The number of pyridine rings is 1. The van der Waals surface area contributed by atoms with E-state index in [0.717, 1.165) is 31.0 Å². The predicted octanol–water partition coefficient (Wildman–Crippen LogP) is 2.38. The van der Waals surface area contributed by atoms with E-state index in [-0.39, 0.29) is 16.8 Å². The highest BCUT2D eigenvalue weighted by atomic mass is 32.2.